The maximum absolute atomic E-state index is 9.84. The number of nitrogens with zero attached hydrogens (tertiary/aromatic N) is 1. The second kappa shape index (κ2) is 4.94. The topological polar surface area (TPSA) is 52.9 Å². The molecule has 0 saturated carbocycles. The molecule has 0 spiro atoms. The summed E-state index contributed by atoms with van der Waals surface area (Å²) >= 11 is 0. The summed E-state index contributed by atoms with van der Waals surface area (Å²) in [5.41, 5.74) is 0.585. The number of aromatic hydroxyl groups is 2. The molecule has 2 N–H and O–H groups in total. The molecule has 1 aromatic rings. The van der Waals surface area contributed by atoms with Crippen LogP contribution in [0, 0.1) is 0 Å². The van der Waals surface area contributed by atoms with Crippen molar-refractivity contribution in [1.29, 1.82) is 0 Å². The molecule has 4 nitrogen and oxygen atoms in total. The van der Waals surface area contributed by atoms with Crippen molar-refractivity contribution in [2.45, 2.75) is 25.4 Å². The third-order valence-corrected chi connectivity index (χ3v) is 3.57. The standard InChI is InChI=1S/C13H19NO3/c1-9(14(2)10-6-7-17-8-10)13-11(15)4-3-5-12(13)16/h3-5,9-10,15-16H,6-8H2,1-2H3. The van der Waals surface area contributed by atoms with Gasteiger partial charge in [-0.2, -0.15) is 0 Å². The Hall–Kier alpha value is -1.26. The fraction of sp³-hybridized carbons (Fsp3) is 0.538. The van der Waals surface area contributed by atoms with E-state index < -0.39 is 0 Å². The first kappa shape index (κ1) is 12.2. The van der Waals surface area contributed by atoms with Gasteiger partial charge >= 0.3 is 0 Å². The molecule has 0 aromatic heterocycles. The maximum atomic E-state index is 9.84. The zero-order chi connectivity index (χ0) is 12.4. The largest absolute Gasteiger partial charge is 0.507 e. The van der Waals surface area contributed by atoms with Crippen molar-refractivity contribution >= 4 is 0 Å². The summed E-state index contributed by atoms with van der Waals surface area (Å²) in [6.45, 7) is 3.48. The minimum Gasteiger partial charge on any atom is -0.507 e. The number of phenols is 2. The molecule has 2 rings (SSSR count). The number of hydrogen-bond acceptors (Lipinski definition) is 4. The van der Waals surface area contributed by atoms with Gasteiger partial charge in [-0.25, -0.2) is 0 Å². The molecule has 17 heavy (non-hydrogen) atoms. The van der Waals surface area contributed by atoms with Crippen LogP contribution in [0.2, 0.25) is 0 Å². The molecule has 1 heterocycles. The summed E-state index contributed by atoms with van der Waals surface area (Å²) < 4.78 is 5.36. The van der Waals surface area contributed by atoms with Gasteiger partial charge in [0, 0.05) is 18.7 Å². The van der Waals surface area contributed by atoms with E-state index in [4.69, 9.17) is 4.74 Å². The highest BCUT2D eigenvalue weighted by atomic mass is 16.5. The third kappa shape index (κ3) is 2.37. The average molecular weight is 237 g/mol. The lowest BCUT2D eigenvalue weighted by Gasteiger charge is -2.30. The molecule has 0 radical (unpaired) electrons. The Morgan fingerprint density at radius 1 is 1.35 bits per heavy atom. The van der Waals surface area contributed by atoms with Crippen molar-refractivity contribution in [3.8, 4) is 11.5 Å². The molecule has 4 heteroatoms. The number of rotatable bonds is 3. The van der Waals surface area contributed by atoms with Crippen LogP contribution in [-0.2, 0) is 4.74 Å². The zero-order valence-electron chi connectivity index (χ0n) is 10.3. The Bertz CT molecular complexity index is 368. The second-order valence-corrected chi connectivity index (χ2v) is 4.57. The summed E-state index contributed by atoms with van der Waals surface area (Å²) in [5.74, 6) is 0.284. The summed E-state index contributed by atoms with van der Waals surface area (Å²) in [6, 6.07) is 5.15. The summed E-state index contributed by atoms with van der Waals surface area (Å²) in [7, 11) is 2.00. The highest BCUT2D eigenvalue weighted by Crippen LogP contribution is 2.36. The van der Waals surface area contributed by atoms with Gasteiger partial charge in [0.25, 0.3) is 0 Å². The average Bonchev–Trinajstić information content (AvgIpc) is 2.81. The molecule has 1 aliphatic rings. The molecule has 1 fully saturated rings. The fourth-order valence-electron chi connectivity index (χ4n) is 2.33. The Labute approximate surface area is 101 Å². The van der Waals surface area contributed by atoms with E-state index in [9.17, 15) is 10.2 Å². The maximum Gasteiger partial charge on any atom is 0.124 e. The zero-order valence-corrected chi connectivity index (χ0v) is 10.3. The lowest BCUT2D eigenvalue weighted by molar-refractivity contribution is 0.136. The normalized spacial score (nSPS) is 21.9. The van der Waals surface area contributed by atoms with Gasteiger partial charge in [-0.1, -0.05) is 6.07 Å². The van der Waals surface area contributed by atoms with Gasteiger partial charge in [-0.3, -0.25) is 4.90 Å². The number of phenolic OH excluding ortho intramolecular Hbond substituents is 2. The molecule has 0 bridgehead atoms. The summed E-state index contributed by atoms with van der Waals surface area (Å²) in [6.07, 6.45) is 0.995. The monoisotopic (exact) mass is 237 g/mol. The van der Waals surface area contributed by atoms with E-state index in [0.717, 1.165) is 19.6 Å². The molecular formula is C13H19NO3. The number of likely N-dealkylation sites (N-methyl/N-ethyl adjacent to an activating group) is 1. The predicted octanol–water partition coefficient (Wildman–Crippen LogP) is 1.88. The van der Waals surface area contributed by atoms with Gasteiger partial charge in [0.2, 0.25) is 0 Å². The van der Waals surface area contributed by atoms with Gasteiger partial charge in [-0.05, 0) is 32.5 Å². The van der Waals surface area contributed by atoms with Gasteiger partial charge in [0.15, 0.2) is 0 Å². The van der Waals surface area contributed by atoms with E-state index in [1.165, 1.54) is 0 Å². The third-order valence-electron chi connectivity index (χ3n) is 3.57. The number of ether oxygens (including phenoxy) is 1. The first-order valence-corrected chi connectivity index (χ1v) is 5.91. The molecule has 0 amide bonds. The summed E-state index contributed by atoms with van der Waals surface area (Å²) in [4.78, 5) is 2.14. The van der Waals surface area contributed by atoms with Gasteiger partial charge in [0.05, 0.1) is 12.2 Å². The number of hydrogen-bond donors (Lipinski definition) is 2. The van der Waals surface area contributed by atoms with Crippen LogP contribution in [0.4, 0.5) is 0 Å². The molecule has 1 aromatic carbocycles. The van der Waals surface area contributed by atoms with Crippen LogP contribution >= 0.6 is 0 Å². The van der Waals surface area contributed by atoms with Crippen molar-refractivity contribution in [2.75, 3.05) is 20.3 Å². The van der Waals surface area contributed by atoms with E-state index in [-0.39, 0.29) is 17.5 Å². The highest BCUT2D eigenvalue weighted by molar-refractivity contribution is 5.45. The van der Waals surface area contributed by atoms with Crippen LogP contribution in [0.1, 0.15) is 24.9 Å². The van der Waals surface area contributed by atoms with E-state index in [2.05, 4.69) is 4.90 Å². The molecule has 1 saturated heterocycles. The van der Waals surface area contributed by atoms with Crippen molar-refractivity contribution < 1.29 is 14.9 Å². The molecular weight excluding hydrogens is 218 g/mol. The summed E-state index contributed by atoms with van der Waals surface area (Å²) in [5, 5.41) is 19.7. The predicted molar refractivity (Wildman–Crippen MR) is 65.2 cm³/mol. The Morgan fingerprint density at radius 2 is 2.00 bits per heavy atom. The van der Waals surface area contributed by atoms with E-state index in [1.807, 2.05) is 14.0 Å². The second-order valence-electron chi connectivity index (χ2n) is 4.57. The fourth-order valence-corrected chi connectivity index (χ4v) is 2.33. The molecule has 2 atom stereocenters. The SMILES string of the molecule is CC(c1c(O)cccc1O)N(C)C1CCOC1. The lowest BCUT2D eigenvalue weighted by Crippen LogP contribution is -2.34. The van der Waals surface area contributed by atoms with Crippen molar-refractivity contribution in [3.05, 3.63) is 23.8 Å². The molecule has 2 unspecified atom stereocenters. The van der Waals surface area contributed by atoms with Crippen LogP contribution in [-0.4, -0.2) is 41.4 Å². The lowest BCUT2D eigenvalue weighted by atomic mass is 10.0. The van der Waals surface area contributed by atoms with E-state index >= 15 is 0 Å². The van der Waals surface area contributed by atoms with Crippen LogP contribution in [0.15, 0.2) is 18.2 Å². The first-order chi connectivity index (χ1) is 8.11. The van der Waals surface area contributed by atoms with Gasteiger partial charge in [-0.15, -0.1) is 0 Å². The van der Waals surface area contributed by atoms with Crippen LogP contribution < -0.4 is 0 Å². The number of benzene rings is 1. The Morgan fingerprint density at radius 3 is 2.53 bits per heavy atom. The molecule has 0 aliphatic carbocycles. The minimum atomic E-state index is -0.0390. The highest BCUT2D eigenvalue weighted by Gasteiger charge is 2.27. The molecule has 1 aliphatic heterocycles. The minimum absolute atomic E-state index is 0.0390. The Balaban J connectivity index is 2.20. The van der Waals surface area contributed by atoms with E-state index in [1.54, 1.807) is 18.2 Å². The van der Waals surface area contributed by atoms with Gasteiger partial charge < -0.3 is 14.9 Å². The van der Waals surface area contributed by atoms with Gasteiger partial charge in [0.1, 0.15) is 11.5 Å². The molecule has 94 valence electrons. The first-order valence-electron chi connectivity index (χ1n) is 5.91. The van der Waals surface area contributed by atoms with E-state index in [0.29, 0.717) is 11.6 Å². The smallest absolute Gasteiger partial charge is 0.124 e. The van der Waals surface area contributed by atoms with Crippen LogP contribution in [0.3, 0.4) is 0 Å². The quantitative estimate of drug-likeness (QED) is 0.842. The Kier molecular flexibility index (Phi) is 3.54. The van der Waals surface area contributed by atoms with Crippen LogP contribution in [0.5, 0.6) is 11.5 Å². The van der Waals surface area contributed by atoms with Crippen molar-refractivity contribution in [1.82, 2.24) is 4.90 Å². The van der Waals surface area contributed by atoms with Crippen molar-refractivity contribution in [2.24, 2.45) is 0 Å². The van der Waals surface area contributed by atoms with Crippen LogP contribution in [0.25, 0.3) is 0 Å². The van der Waals surface area contributed by atoms with Crippen molar-refractivity contribution in [3.63, 3.8) is 0 Å².